The number of benzene rings is 2. The number of nitrogens with one attached hydrogen (secondary N) is 1. The fraction of sp³-hybridized carbons (Fsp3) is 0.500. The Hall–Kier alpha value is -3.06. The highest BCUT2D eigenvalue weighted by molar-refractivity contribution is 5.80. The van der Waals surface area contributed by atoms with Crippen molar-refractivity contribution in [2.75, 3.05) is 46.4 Å². The Morgan fingerprint density at radius 1 is 0.971 bits per heavy atom. The zero-order valence-corrected chi connectivity index (χ0v) is 20.7. The summed E-state index contributed by atoms with van der Waals surface area (Å²) in [5.41, 5.74) is 1.17. The molecule has 2 amide bonds. The van der Waals surface area contributed by atoms with Gasteiger partial charge in [0, 0.05) is 25.6 Å². The maximum Gasteiger partial charge on any atom is 0.225 e. The number of rotatable bonds is 10. The zero-order chi connectivity index (χ0) is 24.5. The summed E-state index contributed by atoms with van der Waals surface area (Å²) in [6.07, 6.45) is 4.13. The first-order chi connectivity index (χ1) is 17.1. The Balaban J connectivity index is 1.23. The molecule has 4 rings (SSSR count). The van der Waals surface area contributed by atoms with Crippen molar-refractivity contribution in [3.63, 3.8) is 0 Å². The van der Waals surface area contributed by atoms with E-state index in [4.69, 9.17) is 9.47 Å². The van der Waals surface area contributed by atoms with Crippen LogP contribution in [0.3, 0.4) is 0 Å². The van der Waals surface area contributed by atoms with Crippen LogP contribution in [-0.4, -0.2) is 68.1 Å². The summed E-state index contributed by atoms with van der Waals surface area (Å²) >= 11 is 0. The van der Waals surface area contributed by atoms with E-state index in [0.717, 1.165) is 24.6 Å². The fourth-order valence-corrected chi connectivity index (χ4v) is 5.02. The Labute approximate surface area is 208 Å². The van der Waals surface area contributed by atoms with Crippen molar-refractivity contribution in [1.29, 1.82) is 0 Å². The van der Waals surface area contributed by atoms with E-state index in [9.17, 15) is 9.59 Å². The molecule has 1 atom stereocenters. The van der Waals surface area contributed by atoms with Crippen molar-refractivity contribution in [3.05, 3.63) is 60.2 Å². The summed E-state index contributed by atoms with van der Waals surface area (Å²) in [4.78, 5) is 29.9. The summed E-state index contributed by atoms with van der Waals surface area (Å²) in [5.74, 6) is 1.74. The van der Waals surface area contributed by atoms with Crippen molar-refractivity contribution in [3.8, 4) is 11.5 Å². The molecule has 0 bridgehead atoms. The Kier molecular flexibility index (Phi) is 9.01. The highest BCUT2D eigenvalue weighted by atomic mass is 16.5. The van der Waals surface area contributed by atoms with Gasteiger partial charge in [-0.25, -0.2) is 0 Å². The number of amides is 2. The molecule has 0 radical (unpaired) electrons. The first kappa shape index (κ1) is 25.0. The third-order valence-corrected chi connectivity index (χ3v) is 7.08. The molecule has 1 unspecified atom stereocenters. The molecule has 7 heteroatoms. The lowest BCUT2D eigenvalue weighted by molar-refractivity contribution is -0.136. The highest BCUT2D eigenvalue weighted by Gasteiger charge is 2.29. The van der Waals surface area contributed by atoms with Crippen LogP contribution in [-0.2, 0) is 9.59 Å². The molecule has 2 aliphatic heterocycles. The lowest BCUT2D eigenvalue weighted by atomic mass is 9.95. The molecule has 2 aliphatic rings. The van der Waals surface area contributed by atoms with Gasteiger partial charge in [-0.3, -0.25) is 14.5 Å². The van der Waals surface area contributed by atoms with Crippen LogP contribution in [0.5, 0.6) is 11.5 Å². The summed E-state index contributed by atoms with van der Waals surface area (Å²) in [6, 6.07) is 17.8. The van der Waals surface area contributed by atoms with Gasteiger partial charge in [-0.1, -0.05) is 30.3 Å². The second-order valence-electron chi connectivity index (χ2n) is 9.35. The predicted octanol–water partition coefficient (Wildman–Crippen LogP) is 3.66. The van der Waals surface area contributed by atoms with Gasteiger partial charge >= 0.3 is 0 Å². The molecule has 2 aromatic carbocycles. The number of hydrogen-bond acceptors (Lipinski definition) is 5. The minimum Gasteiger partial charge on any atom is -0.497 e. The normalized spacial score (nSPS) is 17.7. The Morgan fingerprint density at radius 3 is 2.40 bits per heavy atom. The first-order valence-electron chi connectivity index (χ1n) is 12.8. The van der Waals surface area contributed by atoms with Crippen molar-refractivity contribution in [2.24, 2.45) is 5.92 Å². The molecule has 188 valence electrons. The maximum atomic E-state index is 13.0. The number of hydrogen-bond donors (Lipinski definition) is 1. The monoisotopic (exact) mass is 479 g/mol. The van der Waals surface area contributed by atoms with Gasteiger partial charge < -0.3 is 19.7 Å². The summed E-state index contributed by atoms with van der Waals surface area (Å²) in [5, 5.41) is 3.22. The van der Waals surface area contributed by atoms with Gasteiger partial charge in [0.05, 0.1) is 26.2 Å². The van der Waals surface area contributed by atoms with E-state index in [1.54, 1.807) is 7.11 Å². The molecule has 0 saturated carbocycles. The molecule has 1 N–H and O–H groups in total. The van der Waals surface area contributed by atoms with Crippen LogP contribution in [0.15, 0.2) is 54.6 Å². The van der Waals surface area contributed by atoms with Gasteiger partial charge in [0.25, 0.3) is 0 Å². The van der Waals surface area contributed by atoms with E-state index in [1.807, 2.05) is 47.4 Å². The molecule has 0 spiro atoms. The van der Waals surface area contributed by atoms with Gasteiger partial charge in [0.2, 0.25) is 11.8 Å². The van der Waals surface area contributed by atoms with Crippen LogP contribution in [0, 0.1) is 5.92 Å². The maximum absolute atomic E-state index is 13.0. The lowest BCUT2D eigenvalue weighted by Gasteiger charge is -2.33. The number of para-hydroxylation sites is 1. The fourth-order valence-electron chi connectivity index (χ4n) is 5.02. The van der Waals surface area contributed by atoms with Crippen molar-refractivity contribution >= 4 is 11.8 Å². The highest BCUT2D eigenvalue weighted by Crippen LogP contribution is 2.27. The van der Waals surface area contributed by atoms with Crippen LogP contribution < -0.4 is 14.8 Å². The van der Waals surface area contributed by atoms with Crippen LogP contribution >= 0.6 is 0 Å². The van der Waals surface area contributed by atoms with Gasteiger partial charge in [-0.15, -0.1) is 0 Å². The first-order valence-corrected chi connectivity index (χ1v) is 12.8. The standard InChI is InChI=1S/C28H37N3O4/c1-34-25-11-7-8-23(20-25)26(30-15-5-6-16-30)21-29-28(33)22-12-17-31(18-13-22)27(32)14-19-35-24-9-3-2-4-10-24/h2-4,7-11,20,22,26H,5-6,12-19,21H2,1H3,(H,29,33). The predicted molar refractivity (Wildman–Crippen MR) is 135 cm³/mol. The number of nitrogens with zero attached hydrogens (tertiary/aromatic N) is 2. The topological polar surface area (TPSA) is 71.1 Å². The van der Waals surface area contributed by atoms with Gasteiger partial charge in [0.15, 0.2) is 0 Å². The van der Waals surface area contributed by atoms with E-state index in [1.165, 1.54) is 18.4 Å². The number of carbonyl (C=O) groups is 2. The molecule has 35 heavy (non-hydrogen) atoms. The van der Waals surface area contributed by atoms with Crippen LogP contribution in [0.4, 0.5) is 0 Å². The van der Waals surface area contributed by atoms with Crippen LogP contribution in [0.25, 0.3) is 0 Å². The number of ether oxygens (including phenoxy) is 2. The third kappa shape index (κ3) is 6.98. The molecule has 7 nitrogen and oxygen atoms in total. The average molecular weight is 480 g/mol. The van der Waals surface area contributed by atoms with Gasteiger partial charge in [-0.05, 0) is 68.6 Å². The molecular weight excluding hydrogens is 442 g/mol. The van der Waals surface area contributed by atoms with Crippen molar-refractivity contribution < 1.29 is 19.1 Å². The minimum atomic E-state index is -0.0517. The number of methoxy groups -OCH3 is 1. The van der Waals surface area contributed by atoms with E-state index >= 15 is 0 Å². The lowest BCUT2D eigenvalue weighted by Crippen LogP contribution is -2.45. The van der Waals surface area contributed by atoms with Crippen molar-refractivity contribution in [1.82, 2.24) is 15.1 Å². The van der Waals surface area contributed by atoms with Crippen LogP contribution in [0.1, 0.15) is 43.7 Å². The summed E-state index contributed by atoms with van der Waals surface area (Å²) in [6.45, 7) is 4.28. The van der Waals surface area contributed by atoms with Gasteiger partial charge in [0.1, 0.15) is 11.5 Å². The zero-order valence-electron chi connectivity index (χ0n) is 20.7. The SMILES string of the molecule is COc1cccc(C(CNC(=O)C2CCN(C(=O)CCOc3ccccc3)CC2)N2CCCC2)c1. The van der Waals surface area contributed by atoms with E-state index < -0.39 is 0 Å². The molecule has 2 aromatic rings. The number of carbonyl (C=O) groups excluding carboxylic acids is 2. The molecule has 0 aromatic heterocycles. The van der Waals surface area contributed by atoms with E-state index in [2.05, 4.69) is 22.3 Å². The van der Waals surface area contributed by atoms with E-state index in [-0.39, 0.29) is 23.8 Å². The molecular formula is C28H37N3O4. The smallest absolute Gasteiger partial charge is 0.225 e. The molecule has 2 saturated heterocycles. The number of piperidine rings is 1. The Bertz CT molecular complexity index is 954. The average Bonchev–Trinajstić information content (AvgIpc) is 3.44. The largest absolute Gasteiger partial charge is 0.497 e. The van der Waals surface area contributed by atoms with E-state index in [0.29, 0.717) is 45.5 Å². The minimum absolute atomic E-state index is 0.0517. The second-order valence-corrected chi connectivity index (χ2v) is 9.35. The van der Waals surface area contributed by atoms with Crippen molar-refractivity contribution in [2.45, 2.75) is 38.1 Å². The van der Waals surface area contributed by atoms with Crippen LogP contribution in [0.2, 0.25) is 0 Å². The molecule has 2 fully saturated rings. The Morgan fingerprint density at radius 2 is 1.69 bits per heavy atom. The quantitative estimate of drug-likeness (QED) is 0.563. The summed E-state index contributed by atoms with van der Waals surface area (Å²) < 4.78 is 11.1. The molecule has 0 aliphatic carbocycles. The summed E-state index contributed by atoms with van der Waals surface area (Å²) in [7, 11) is 1.68. The second kappa shape index (κ2) is 12.6. The third-order valence-electron chi connectivity index (χ3n) is 7.08. The number of likely N-dealkylation sites (tertiary alicyclic amines) is 2. The molecule has 2 heterocycles. The van der Waals surface area contributed by atoms with Gasteiger partial charge in [-0.2, -0.15) is 0 Å².